The molecular formula is C11H10N2O3. The molecule has 16 heavy (non-hydrogen) atoms. The van der Waals surface area contributed by atoms with Crippen molar-refractivity contribution in [2.75, 3.05) is 7.11 Å². The maximum absolute atomic E-state index is 11.6. The third-order valence-corrected chi connectivity index (χ3v) is 2.10. The molecule has 0 aliphatic heterocycles. The standard InChI is InChI=1S/C11H10N2O3/c1-16-9-7-10(14)13(11(15)12-9)8-5-3-2-4-6-8/h2-7,14H,1H3. The minimum Gasteiger partial charge on any atom is -0.494 e. The number of nitrogens with zero attached hydrogens (tertiary/aromatic N) is 2. The predicted octanol–water partition coefficient (Wildman–Crippen LogP) is 0.947. The molecule has 0 aliphatic rings. The van der Waals surface area contributed by atoms with Crippen LogP contribution in [0.25, 0.3) is 5.69 Å². The predicted molar refractivity (Wildman–Crippen MR) is 58.1 cm³/mol. The number of aromatic nitrogens is 2. The molecule has 82 valence electrons. The Balaban J connectivity index is 2.63. The Morgan fingerprint density at radius 1 is 1.31 bits per heavy atom. The molecular weight excluding hydrogens is 208 g/mol. The highest BCUT2D eigenvalue weighted by molar-refractivity contribution is 5.36. The minimum absolute atomic E-state index is 0.0923. The molecule has 0 unspecified atom stereocenters. The zero-order valence-corrected chi connectivity index (χ0v) is 8.62. The number of methoxy groups -OCH3 is 1. The van der Waals surface area contributed by atoms with Crippen LogP contribution in [0, 0.1) is 0 Å². The Hall–Kier alpha value is -2.30. The molecule has 1 aromatic carbocycles. The van der Waals surface area contributed by atoms with E-state index in [1.807, 2.05) is 6.07 Å². The largest absolute Gasteiger partial charge is 0.494 e. The van der Waals surface area contributed by atoms with E-state index in [0.717, 1.165) is 4.57 Å². The molecule has 2 aromatic rings. The number of aromatic hydroxyl groups is 1. The zero-order valence-electron chi connectivity index (χ0n) is 8.62. The van der Waals surface area contributed by atoms with Gasteiger partial charge < -0.3 is 9.84 Å². The summed E-state index contributed by atoms with van der Waals surface area (Å²) in [7, 11) is 1.38. The number of hydrogen-bond donors (Lipinski definition) is 1. The third kappa shape index (κ3) is 1.75. The van der Waals surface area contributed by atoms with Gasteiger partial charge >= 0.3 is 5.69 Å². The Kier molecular flexibility index (Phi) is 2.59. The SMILES string of the molecule is COc1cc(O)n(-c2ccccc2)c(=O)n1. The average molecular weight is 218 g/mol. The van der Waals surface area contributed by atoms with Crippen LogP contribution in [0.3, 0.4) is 0 Å². The summed E-state index contributed by atoms with van der Waals surface area (Å²) in [5, 5.41) is 9.70. The molecule has 5 heteroatoms. The van der Waals surface area contributed by atoms with Crippen molar-refractivity contribution in [3.63, 3.8) is 0 Å². The zero-order chi connectivity index (χ0) is 11.5. The summed E-state index contributed by atoms with van der Waals surface area (Å²) >= 11 is 0. The van der Waals surface area contributed by atoms with Crippen LogP contribution < -0.4 is 10.4 Å². The second-order valence-electron chi connectivity index (χ2n) is 3.11. The van der Waals surface area contributed by atoms with E-state index < -0.39 is 5.69 Å². The molecule has 0 atom stereocenters. The van der Waals surface area contributed by atoms with E-state index in [1.165, 1.54) is 13.2 Å². The third-order valence-electron chi connectivity index (χ3n) is 2.10. The summed E-state index contributed by atoms with van der Waals surface area (Å²) in [5.41, 5.74) is -0.0248. The minimum atomic E-state index is -0.581. The second-order valence-corrected chi connectivity index (χ2v) is 3.11. The van der Waals surface area contributed by atoms with Crippen LogP contribution >= 0.6 is 0 Å². The van der Waals surface area contributed by atoms with Crippen LogP contribution in [0.4, 0.5) is 0 Å². The topological polar surface area (TPSA) is 64.3 Å². The Morgan fingerprint density at radius 3 is 2.56 bits per heavy atom. The number of rotatable bonds is 2. The Labute approximate surface area is 91.6 Å². The summed E-state index contributed by atoms with van der Waals surface area (Å²) < 4.78 is 5.88. The van der Waals surface area contributed by atoms with E-state index in [2.05, 4.69) is 4.98 Å². The lowest BCUT2D eigenvalue weighted by Crippen LogP contribution is -2.21. The quantitative estimate of drug-likeness (QED) is 0.815. The van der Waals surface area contributed by atoms with E-state index in [4.69, 9.17) is 4.74 Å². The molecule has 0 bridgehead atoms. The van der Waals surface area contributed by atoms with E-state index in [0.29, 0.717) is 5.69 Å². The highest BCUT2D eigenvalue weighted by atomic mass is 16.5. The van der Waals surface area contributed by atoms with Crippen molar-refractivity contribution in [3.05, 3.63) is 46.9 Å². The van der Waals surface area contributed by atoms with Gasteiger partial charge in [-0.05, 0) is 12.1 Å². The molecule has 1 aromatic heterocycles. The van der Waals surface area contributed by atoms with Gasteiger partial charge in [0.05, 0.1) is 18.9 Å². The van der Waals surface area contributed by atoms with Crippen molar-refractivity contribution in [2.45, 2.75) is 0 Å². The fourth-order valence-corrected chi connectivity index (χ4v) is 1.37. The first kappa shape index (κ1) is 10.2. The summed E-state index contributed by atoms with van der Waals surface area (Å²) in [5.74, 6) is -0.113. The number of ether oxygens (including phenoxy) is 1. The van der Waals surface area contributed by atoms with E-state index in [1.54, 1.807) is 24.3 Å². The van der Waals surface area contributed by atoms with Crippen molar-refractivity contribution in [1.29, 1.82) is 0 Å². The number of benzene rings is 1. The maximum Gasteiger partial charge on any atom is 0.358 e. The molecule has 1 N–H and O–H groups in total. The molecule has 0 amide bonds. The van der Waals surface area contributed by atoms with Gasteiger partial charge in [-0.25, -0.2) is 9.36 Å². The van der Waals surface area contributed by atoms with Gasteiger partial charge in [-0.2, -0.15) is 4.98 Å². The first-order valence-corrected chi connectivity index (χ1v) is 4.65. The number of para-hydroxylation sites is 1. The van der Waals surface area contributed by atoms with Crippen LogP contribution in [0.2, 0.25) is 0 Å². The van der Waals surface area contributed by atoms with Gasteiger partial charge in [-0.1, -0.05) is 18.2 Å². The molecule has 0 aliphatic carbocycles. The van der Waals surface area contributed by atoms with Gasteiger partial charge in [0.25, 0.3) is 0 Å². The summed E-state index contributed by atoms with van der Waals surface area (Å²) in [6.07, 6.45) is 0. The lowest BCUT2D eigenvalue weighted by molar-refractivity contribution is 0.377. The van der Waals surface area contributed by atoms with E-state index in [-0.39, 0.29) is 11.8 Å². The molecule has 0 radical (unpaired) electrons. The van der Waals surface area contributed by atoms with Gasteiger partial charge in [-0.15, -0.1) is 0 Å². The fourth-order valence-electron chi connectivity index (χ4n) is 1.37. The normalized spacial score (nSPS) is 10.1. The molecule has 0 saturated heterocycles. The van der Waals surface area contributed by atoms with Crippen molar-refractivity contribution >= 4 is 0 Å². The molecule has 2 rings (SSSR count). The van der Waals surface area contributed by atoms with Gasteiger partial charge in [0.1, 0.15) is 0 Å². The Morgan fingerprint density at radius 2 is 2.00 bits per heavy atom. The van der Waals surface area contributed by atoms with Crippen molar-refractivity contribution in [2.24, 2.45) is 0 Å². The first-order valence-electron chi connectivity index (χ1n) is 4.65. The van der Waals surface area contributed by atoms with Crippen LogP contribution in [0.5, 0.6) is 11.8 Å². The number of hydrogen-bond acceptors (Lipinski definition) is 4. The van der Waals surface area contributed by atoms with Crippen LogP contribution in [0.15, 0.2) is 41.2 Å². The molecule has 0 spiro atoms. The summed E-state index contributed by atoms with van der Waals surface area (Å²) in [6.45, 7) is 0. The van der Waals surface area contributed by atoms with Gasteiger partial charge in [0.2, 0.25) is 11.8 Å². The summed E-state index contributed by atoms with van der Waals surface area (Å²) in [6, 6.07) is 10.1. The Bertz CT molecular complexity index is 549. The van der Waals surface area contributed by atoms with Crippen molar-refractivity contribution < 1.29 is 9.84 Å². The van der Waals surface area contributed by atoms with Crippen LogP contribution in [-0.2, 0) is 0 Å². The monoisotopic (exact) mass is 218 g/mol. The van der Waals surface area contributed by atoms with Crippen LogP contribution in [0.1, 0.15) is 0 Å². The van der Waals surface area contributed by atoms with Gasteiger partial charge in [0.15, 0.2) is 0 Å². The highest BCUT2D eigenvalue weighted by Gasteiger charge is 2.08. The van der Waals surface area contributed by atoms with E-state index in [9.17, 15) is 9.90 Å². The smallest absolute Gasteiger partial charge is 0.358 e. The van der Waals surface area contributed by atoms with Crippen molar-refractivity contribution in [3.8, 4) is 17.4 Å². The fraction of sp³-hybridized carbons (Fsp3) is 0.0909. The molecule has 0 saturated carbocycles. The van der Waals surface area contributed by atoms with Gasteiger partial charge in [0, 0.05) is 0 Å². The van der Waals surface area contributed by atoms with Crippen molar-refractivity contribution in [1.82, 2.24) is 9.55 Å². The average Bonchev–Trinajstić information content (AvgIpc) is 2.29. The summed E-state index contributed by atoms with van der Waals surface area (Å²) in [4.78, 5) is 15.3. The lowest BCUT2D eigenvalue weighted by atomic mass is 10.3. The second kappa shape index (κ2) is 4.06. The first-order chi connectivity index (χ1) is 7.72. The highest BCUT2D eigenvalue weighted by Crippen LogP contribution is 2.16. The maximum atomic E-state index is 11.6. The molecule has 5 nitrogen and oxygen atoms in total. The van der Waals surface area contributed by atoms with Gasteiger partial charge in [-0.3, -0.25) is 0 Å². The van der Waals surface area contributed by atoms with E-state index >= 15 is 0 Å². The molecule has 1 heterocycles. The molecule has 0 fully saturated rings. The van der Waals surface area contributed by atoms with Crippen LogP contribution in [-0.4, -0.2) is 21.8 Å². The lowest BCUT2D eigenvalue weighted by Gasteiger charge is -2.08.